The molecule has 0 heterocycles. The van der Waals surface area contributed by atoms with Gasteiger partial charge in [0.1, 0.15) is 5.75 Å². The Morgan fingerprint density at radius 2 is 1.94 bits per heavy atom. The molecule has 78 valence electrons. The van der Waals surface area contributed by atoms with Gasteiger partial charge >= 0.3 is 0 Å². The van der Waals surface area contributed by atoms with E-state index >= 15 is 0 Å². The third-order valence-corrected chi connectivity index (χ3v) is 2.93. The van der Waals surface area contributed by atoms with Gasteiger partial charge in [-0.15, -0.1) is 0 Å². The van der Waals surface area contributed by atoms with Crippen LogP contribution >= 0.6 is 22.6 Å². The number of nitrogens with zero attached hydrogens (tertiary/aromatic N) is 1. The summed E-state index contributed by atoms with van der Waals surface area (Å²) in [6, 6.07) is 14.8. The number of halogens is 1. The Kier molecular flexibility index (Phi) is 3.11. The van der Waals surface area contributed by atoms with E-state index in [-0.39, 0.29) is 5.75 Å². The van der Waals surface area contributed by atoms with E-state index in [0.717, 1.165) is 14.7 Å². The number of phenolic OH excluding ortho intramolecular Hbond substituents is 1. The zero-order chi connectivity index (χ0) is 11.5. The number of hydrogen-bond donors (Lipinski definition) is 1. The third-order valence-electron chi connectivity index (χ3n) is 2.26. The SMILES string of the molecule is N#Cc1ccc(-c2cccc(I)c2)c(O)c1. The highest BCUT2D eigenvalue weighted by atomic mass is 127. The molecule has 1 N–H and O–H groups in total. The molecule has 0 aromatic heterocycles. The van der Waals surface area contributed by atoms with Crippen LogP contribution in [0.3, 0.4) is 0 Å². The monoisotopic (exact) mass is 321 g/mol. The highest BCUT2D eigenvalue weighted by molar-refractivity contribution is 14.1. The van der Waals surface area contributed by atoms with Gasteiger partial charge in [-0.2, -0.15) is 5.26 Å². The van der Waals surface area contributed by atoms with Crippen LogP contribution in [0.15, 0.2) is 42.5 Å². The lowest BCUT2D eigenvalue weighted by molar-refractivity contribution is 0.477. The van der Waals surface area contributed by atoms with E-state index < -0.39 is 0 Å². The van der Waals surface area contributed by atoms with Crippen molar-refractivity contribution in [3.63, 3.8) is 0 Å². The molecule has 0 spiro atoms. The van der Waals surface area contributed by atoms with Crippen LogP contribution in [0.4, 0.5) is 0 Å². The second-order valence-electron chi connectivity index (χ2n) is 3.35. The molecular weight excluding hydrogens is 313 g/mol. The normalized spacial score (nSPS) is 9.75. The quantitative estimate of drug-likeness (QED) is 0.817. The van der Waals surface area contributed by atoms with E-state index in [2.05, 4.69) is 22.6 Å². The zero-order valence-corrected chi connectivity index (χ0v) is 10.5. The highest BCUT2D eigenvalue weighted by Crippen LogP contribution is 2.30. The van der Waals surface area contributed by atoms with Crippen molar-refractivity contribution in [2.24, 2.45) is 0 Å². The molecule has 2 aromatic rings. The Labute approximate surface area is 107 Å². The number of rotatable bonds is 1. The third kappa shape index (κ3) is 2.17. The molecule has 0 aliphatic carbocycles. The lowest BCUT2D eigenvalue weighted by Gasteiger charge is -2.05. The summed E-state index contributed by atoms with van der Waals surface area (Å²) >= 11 is 2.22. The van der Waals surface area contributed by atoms with E-state index in [1.165, 1.54) is 6.07 Å². The molecule has 0 bridgehead atoms. The van der Waals surface area contributed by atoms with Crippen LogP contribution in [0.1, 0.15) is 5.56 Å². The summed E-state index contributed by atoms with van der Waals surface area (Å²) in [5, 5.41) is 18.5. The second-order valence-corrected chi connectivity index (χ2v) is 4.60. The number of hydrogen-bond acceptors (Lipinski definition) is 2. The van der Waals surface area contributed by atoms with E-state index in [4.69, 9.17) is 5.26 Å². The van der Waals surface area contributed by atoms with Crippen molar-refractivity contribution in [2.75, 3.05) is 0 Å². The molecule has 0 atom stereocenters. The van der Waals surface area contributed by atoms with E-state index in [0.29, 0.717) is 5.56 Å². The van der Waals surface area contributed by atoms with Crippen LogP contribution < -0.4 is 0 Å². The predicted octanol–water partition coefficient (Wildman–Crippen LogP) is 3.54. The van der Waals surface area contributed by atoms with E-state index in [9.17, 15) is 5.11 Å². The van der Waals surface area contributed by atoms with Crippen molar-refractivity contribution in [1.82, 2.24) is 0 Å². The smallest absolute Gasteiger partial charge is 0.124 e. The maximum atomic E-state index is 9.81. The van der Waals surface area contributed by atoms with Gasteiger partial charge in [-0.25, -0.2) is 0 Å². The molecule has 0 radical (unpaired) electrons. The van der Waals surface area contributed by atoms with Crippen molar-refractivity contribution in [3.05, 3.63) is 51.6 Å². The zero-order valence-electron chi connectivity index (χ0n) is 8.31. The molecule has 2 aromatic carbocycles. The highest BCUT2D eigenvalue weighted by Gasteiger charge is 2.05. The average Bonchev–Trinajstić information content (AvgIpc) is 2.28. The molecule has 2 nitrogen and oxygen atoms in total. The van der Waals surface area contributed by atoms with Crippen LogP contribution in [-0.4, -0.2) is 5.11 Å². The number of nitriles is 1. The first-order chi connectivity index (χ1) is 7.70. The fourth-order valence-corrected chi connectivity index (χ4v) is 2.04. The van der Waals surface area contributed by atoms with Gasteiger partial charge in [-0.3, -0.25) is 0 Å². The van der Waals surface area contributed by atoms with Crippen LogP contribution in [0, 0.1) is 14.9 Å². The molecule has 16 heavy (non-hydrogen) atoms. The van der Waals surface area contributed by atoms with Crippen molar-refractivity contribution in [2.45, 2.75) is 0 Å². The summed E-state index contributed by atoms with van der Waals surface area (Å²) < 4.78 is 1.11. The van der Waals surface area contributed by atoms with Gasteiger partial charge in [0.15, 0.2) is 0 Å². The van der Waals surface area contributed by atoms with Gasteiger partial charge in [0.2, 0.25) is 0 Å². The number of benzene rings is 2. The maximum Gasteiger partial charge on any atom is 0.124 e. The van der Waals surface area contributed by atoms with Gasteiger partial charge in [0, 0.05) is 9.13 Å². The van der Waals surface area contributed by atoms with Crippen LogP contribution in [-0.2, 0) is 0 Å². The first kappa shape index (κ1) is 11.0. The summed E-state index contributed by atoms with van der Waals surface area (Å²) in [5.41, 5.74) is 2.17. The van der Waals surface area contributed by atoms with Gasteiger partial charge < -0.3 is 5.11 Å². The minimum absolute atomic E-state index is 0.140. The van der Waals surface area contributed by atoms with Crippen molar-refractivity contribution in [1.29, 1.82) is 5.26 Å². The Hall–Kier alpha value is -1.54. The van der Waals surface area contributed by atoms with Crippen molar-refractivity contribution in [3.8, 4) is 22.9 Å². The standard InChI is InChI=1S/C13H8INO/c14-11-3-1-2-10(7-11)12-5-4-9(8-15)6-13(12)16/h1-7,16H. The molecule has 0 fully saturated rings. The largest absolute Gasteiger partial charge is 0.507 e. The molecule has 0 aliphatic heterocycles. The summed E-state index contributed by atoms with van der Waals surface area (Å²) in [5.74, 6) is 0.140. The maximum absolute atomic E-state index is 9.81. The van der Waals surface area contributed by atoms with Crippen LogP contribution in [0.5, 0.6) is 5.75 Å². The van der Waals surface area contributed by atoms with E-state index in [1.54, 1.807) is 12.1 Å². The van der Waals surface area contributed by atoms with Crippen molar-refractivity contribution < 1.29 is 5.11 Å². The van der Waals surface area contributed by atoms with E-state index in [1.807, 2.05) is 30.3 Å². The fraction of sp³-hybridized carbons (Fsp3) is 0. The summed E-state index contributed by atoms with van der Waals surface area (Å²) in [6.07, 6.45) is 0. The lowest BCUT2D eigenvalue weighted by Crippen LogP contribution is -1.82. The molecular formula is C13H8INO. The first-order valence-electron chi connectivity index (χ1n) is 4.70. The topological polar surface area (TPSA) is 44.0 Å². The molecule has 0 unspecified atom stereocenters. The minimum atomic E-state index is 0.140. The minimum Gasteiger partial charge on any atom is -0.507 e. The first-order valence-corrected chi connectivity index (χ1v) is 5.77. The molecule has 0 saturated heterocycles. The molecule has 0 amide bonds. The summed E-state index contributed by atoms with van der Waals surface area (Å²) in [6.45, 7) is 0. The molecule has 2 rings (SSSR count). The van der Waals surface area contributed by atoms with Gasteiger partial charge in [0.05, 0.1) is 11.6 Å². The fourth-order valence-electron chi connectivity index (χ4n) is 1.50. The molecule has 3 heteroatoms. The molecule has 0 aliphatic rings. The van der Waals surface area contributed by atoms with Gasteiger partial charge in [0.25, 0.3) is 0 Å². The lowest BCUT2D eigenvalue weighted by atomic mass is 10.0. The van der Waals surface area contributed by atoms with Crippen LogP contribution in [0.25, 0.3) is 11.1 Å². The van der Waals surface area contributed by atoms with Crippen LogP contribution in [0.2, 0.25) is 0 Å². The number of aromatic hydroxyl groups is 1. The average molecular weight is 321 g/mol. The second kappa shape index (κ2) is 4.54. The summed E-state index contributed by atoms with van der Waals surface area (Å²) in [4.78, 5) is 0. The Balaban J connectivity index is 2.53. The van der Waals surface area contributed by atoms with Gasteiger partial charge in [-0.1, -0.05) is 12.1 Å². The summed E-state index contributed by atoms with van der Waals surface area (Å²) in [7, 11) is 0. The Morgan fingerprint density at radius 1 is 1.12 bits per heavy atom. The Morgan fingerprint density at radius 3 is 2.56 bits per heavy atom. The van der Waals surface area contributed by atoms with Gasteiger partial charge in [-0.05, 0) is 58.5 Å². The molecule has 0 saturated carbocycles. The van der Waals surface area contributed by atoms with Crippen molar-refractivity contribution >= 4 is 22.6 Å². The predicted molar refractivity (Wildman–Crippen MR) is 71.0 cm³/mol. The number of phenols is 1. The Bertz CT molecular complexity index is 572.